The fourth-order valence-electron chi connectivity index (χ4n) is 2.14. The first-order chi connectivity index (χ1) is 7.50. The van der Waals surface area contributed by atoms with E-state index in [1.807, 2.05) is 0 Å². The fourth-order valence-corrected chi connectivity index (χ4v) is 2.42. The molecule has 92 valence electrons. The van der Waals surface area contributed by atoms with E-state index < -0.39 is 0 Å². The molecule has 0 spiro atoms. The largest absolute Gasteiger partial charge is 0.359 e. The normalized spacial score (nSPS) is 25.4. The van der Waals surface area contributed by atoms with Crippen LogP contribution in [-0.2, 0) is 0 Å². The summed E-state index contributed by atoms with van der Waals surface area (Å²) in [4.78, 5) is 0. The summed E-state index contributed by atoms with van der Waals surface area (Å²) in [5.74, 6) is 1.16. The Morgan fingerprint density at radius 1 is 1.31 bits per heavy atom. The summed E-state index contributed by atoms with van der Waals surface area (Å²) in [6.45, 7) is 8.62. The maximum atomic E-state index is 5.15. The van der Waals surface area contributed by atoms with Gasteiger partial charge in [0.05, 0.1) is 0 Å². The summed E-state index contributed by atoms with van der Waals surface area (Å²) in [6, 6.07) is 0.349. The molecule has 0 aromatic rings. The predicted octanol–water partition coefficient (Wildman–Crippen LogP) is 2.67. The number of rotatable bonds is 2. The van der Waals surface area contributed by atoms with E-state index in [0.29, 0.717) is 23.0 Å². The van der Waals surface area contributed by atoms with Crippen LogP contribution in [0.1, 0.15) is 47.0 Å². The van der Waals surface area contributed by atoms with E-state index in [1.165, 1.54) is 25.0 Å². The molecular formula is C12H23N3S. The van der Waals surface area contributed by atoms with Crippen molar-refractivity contribution in [2.75, 3.05) is 0 Å². The summed E-state index contributed by atoms with van der Waals surface area (Å²) < 4.78 is 0. The molecule has 1 aliphatic rings. The van der Waals surface area contributed by atoms with Gasteiger partial charge in [-0.15, -0.1) is 0 Å². The van der Waals surface area contributed by atoms with Gasteiger partial charge in [-0.1, -0.05) is 20.3 Å². The van der Waals surface area contributed by atoms with Gasteiger partial charge < -0.3 is 5.32 Å². The second kappa shape index (κ2) is 6.18. The van der Waals surface area contributed by atoms with Crippen molar-refractivity contribution in [2.45, 2.75) is 53.0 Å². The average molecular weight is 241 g/mol. The molecule has 1 rings (SSSR count). The van der Waals surface area contributed by atoms with Crippen molar-refractivity contribution < 1.29 is 0 Å². The van der Waals surface area contributed by atoms with Crippen molar-refractivity contribution in [1.29, 1.82) is 0 Å². The lowest BCUT2D eigenvalue weighted by molar-refractivity contribution is 0.483. The Hall–Kier alpha value is -0.640. The Morgan fingerprint density at radius 3 is 2.38 bits per heavy atom. The van der Waals surface area contributed by atoms with E-state index in [0.717, 1.165) is 0 Å². The lowest BCUT2D eigenvalue weighted by atomic mass is 9.81. The predicted molar refractivity (Wildman–Crippen MR) is 73.6 cm³/mol. The molecule has 3 nitrogen and oxygen atoms in total. The van der Waals surface area contributed by atoms with E-state index in [-0.39, 0.29) is 0 Å². The molecule has 0 amide bonds. The van der Waals surface area contributed by atoms with E-state index in [9.17, 15) is 0 Å². The van der Waals surface area contributed by atoms with Gasteiger partial charge in [0.2, 0.25) is 0 Å². The number of hydrogen-bond acceptors (Lipinski definition) is 2. The summed E-state index contributed by atoms with van der Waals surface area (Å²) in [5.41, 5.74) is 4.22. The molecule has 0 unspecified atom stereocenters. The number of hydrazone groups is 1. The number of nitrogens with one attached hydrogen (secondary N) is 2. The van der Waals surface area contributed by atoms with Crippen molar-refractivity contribution in [3.8, 4) is 0 Å². The van der Waals surface area contributed by atoms with Crippen LogP contribution < -0.4 is 10.7 Å². The van der Waals surface area contributed by atoms with E-state index in [2.05, 4.69) is 43.5 Å². The SMILES string of the molecule is CC(C)NC(=S)NN=C1[C@@H](C)CCC[C@@H]1C. The van der Waals surface area contributed by atoms with Crippen LogP contribution in [0.2, 0.25) is 0 Å². The van der Waals surface area contributed by atoms with Crippen LogP contribution in [0.25, 0.3) is 0 Å². The molecular weight excluding hydrogens is 218 g/mol. The van der Waals surface area contributed by atoms with Crippen LogP contribution in [0.5, 0.6) is 0 Å². The monoisotopic (exact) mass is 241 g/mol. The van der Waals surface area contributed by atoms with Gasteiger partial charge in [-0.25, -0.2) is 0 Å². The Morgan fingerprint density at radius 2 is 1.88 bits per heavy atom. The molecule has 0 aromatic heterocycles. The fraction of sp³-hybridized carbons (Fsp3) is 0.833. The van der Waals surface area contributed by atoms with Crippen LogP contribution in [0.4, 0.5) is 0 Å². The topological polar surface area (TPSA) is 36.4 Å². The van der Waals surface area contributed by atoms with Gasteiger partial charge in [0.1, 0.15) is 0 Å². The Balaban J connectivity index is 2.51. The lowest BCUT2D eigenvalue weighted by Crippen LogP contribution is -2.38. The zero-order valence-corrected chi connectivity index (χ0v) is 11.5. The first-order valence-corrected chi connectivity index (χ1v) is 6.55. The number of nitrogens with zero attached hydrogens (tertiary/aromatic N) is 1. The minimum atomic E-state index is 0.349. The smallest absolute Gasteiger partial charge is 0.187 e. The summed E-state index contributed by atoms with van der Waals surface area (Å²) >= 11 is 5.15. The van der Waals surface area contributed by atoms with Gasteiger partial charge in [0.25, 0.3) is 0 Å². The molecule has 0 aromatic carbocycles. The van der Waals surface area contributed by atoms with E-state index in [4.69, 9.17) is 12.2 Å². The van der Waals surface area contributed by atoms with Gasteiger partial charge in [-0.05, 0) is 50.7 Å². The van der Waals surface area contributed by atoms with Crippen molar-refractivity contribution in [1.82, 2.24) is 10.7 Å². The van der Waals surface area contributed by atoms with Gasteiger partial charge in [0, 0.05) is 11.8 Å². The van der Waals surface area contributed by atoms with Crippen molar-refractivity contribution in [2.24, 2.45) is 16.9 Å². The maximum absolute atomic E-state index is 5.15. The standard InChI is InChI=1S/C12H23N3S/c1-8(2)13-12(16)15-14-11-9(3)6-5-7-10(11)4/h8-10H,5-7H2,1-4H3,(H2,13,15,16)/t9-,10-/m0/s1. The average Bonchev–Trinajstić information content (AvgIpc) is 2.15. The lowest BCUT2D eigenvalue weighted by Gasteiger charge is -2.26. The molecule has 2 atom stereocenters. The molecule has 0 radical (unpaired) electrons. The van der Waals surface area contributed by atoms with Crippen LogP contribution in [0, 0.1) is 11.8 Å². The molecule has 2 N–H and O–H groups in total. The maximum Gasteiger partial charge on any atom is 0.187 e. The second-order valence-electron chi connectivity index (χ2n) is 5.01. The highest BCUT2D eigenvalue weighted by atomic mass is 32.1. The minimum Gasteiger partial charge on any atom is -0.359 e. The van der Waals surface area contributed by atoms with E-state index >= 15 is 0 Å². The van der Waals surface area contributed by atoms with Crippen LogP contribution in [-0.4, -0.2) is 16.9 Å². The van der Waals surface area contributed by atoms with Gasteiger partial charge in [-0.2, -0.15) is 5.10 Å². The van der Waals surface area contributed by atoms with Crippen LogP contribution in [0.3, 0.4) is 0 Å². The van der Waals surface area contributed by atoms with Crippen LogP contribution in [0.15, 0.2) is 5.10 Å². The van der Waals surface area contributed by atoms with Crippen molar-refractivity contribution >= 4 is 23.0 Å². The third-order valence-corrected chi connectivity index (χ3v) is 3.20. The third kappa shape index (κ3) is 4.08. The Labute approximate surface area is 104 Å². The van der Waals surface area contributed by atoms with Crippen molar-refractivity contribution in [3.05, 3.63) is 0 Å². The third-order valence-electron chi connectivity index (χ3n) is 2.99. The van der Waals surface area contributed by atoms with Crippen LogP contribution >= 0.6 is 12.2 Å². The highest BCUT2D eigenvalue weighted by molar-refractivity contribution is 7.80. The Kier molecular flexibility index (Phi) is 5.19. The Bertz CT molecular complexity index is 261. The first-order valence-electron chi connectivity index (χ1n) is 6.14. The van der Waals surface area contributed by atoms with Crippen molar-refractivity contribution in [3.63, 3.8) is 0 Å². The molecule has 1 saturated carbocycles. The summed E-state index contributed by atoms with van der Waals surface area (Å²) in [5, 5.41) is 8.20. The zero-order valence-electron chi connectivity index (χ0n) is 10.7. The first kappa shape index (κ1) is 13.4. The molecule has 4 heteroatoms. The number of thiocarbonyl (C=S) groups is 1. The van der Waals surface area contributed by atoms with Gasteiger partial charge >= 0.3 is 0 Å². The number of hydrogen-bond donors (Lipinski definition) is 2. The highest BCUT2D eigenvalue weighted by Crippen LogP contribution is 2.25. The molecule has 0 bridgehead atoms. The summed E-state index contributed by atoms with van der Waals surface area (Å²) in [7, 11) is 0. The minimum absolute atomic E-state index is 0.349. The highest BCUT2D eigenvalue weighted by Gasteiger charge is 2.22. The quantitative estimate of drug-likeness (QED) is 0.576. The molecule has 0 aliphatic heterocycles. The molecule has 0 heterocycles. The zero-order chi connectivity index (χ0) is 12.1. The summed E-state index contributed by atoms with van der Waals surface area (Å²) in [6.07, 6.45) is 3.81. The molecule has 0 saturated heterocycles. The second-order valence-corrected chi connectivity index (χ2v) is 5.42. The van der Waals surface area contributed by atoms with Gasteiger partial charge in [-0.3, -0.25) is 5.43 Å². The van der Waals surface area contributed by atoms with E-state index in [1.54, 1.807) is 0 Å². The van der Waals surface area contributed by atoms with Gasteiger partial charge in [0.15, 0.2) is 5.11 Å². The molecule has 1 fully saturated rings. The molecule has 16 heavy (non-hydrogen) atoms. The molecule has 1 aliphatic carbocycles.